The van der Waals surface area contributed by atoms with E-state index in [9.17, 15) is 9.90 Å². The molecule has 0 bridgehead atoms. The molecular weight excluding hydrogens is 238 g/mol. The maximum absolute atomic E-state index is 11.7. The molecule has 1 heterocycles. The van der Waals surface area contributed by atoms with Gasteiger partial charge in [-0.1, -0.05) is 30.3 Å². The van der Waals surface area contributed by atoms with Crippen LogP contribution in [0.3, 0.4) is 0 Å². The van der Waals surface area contributed by atoms with Gasteiger partial charge in [0.15, 0.2) is 0 Å². The predicted octanol–water partition coefficient (Wildman–Crippen LogP) is 2.33. The molecule has 4 nitrogen and oxygen atoms in total. The van der Waals surface area contributed by atoms with Crippen LogP contribution in [-0.4, -0.2) is 29.8 Å². The fourth-order valence-electron chi connectivity index (χ4n) is 1.68. The van der Waals surface area contributed by atoms with Crippen LogP contribution < -0.4 is 0 Å². The first-order valence-electron chi connectivity index (χ1n) is 5.15. The molecule has 17 heavy (non-hydrogen) atoms. The van der Waals surface area contributed by atoms with E-state index in [1.165, 1.54) is 23.8 Å². The molecule has 1 aliphatic heterocycles. The second-order valence-electron chi connectivity index (χ2n) is 3.51. The summed E-state index contributed by atoms with van der Waals surface area (Å²) in [7, 11) is 1.34. The first-order chi connectivity index (χ1) is 8.27. The molecule has 0 fully saturated rings. The van der Waals surface area contributed by atoms with Gasteiger partial charge in [-0.3, -0.25) is 4.90 Å². The van der Waals surface area contributed by atoms with E-state index in [0.717, 1.165) is 5.56 Å². The van der Waals surface area contributed by atoms with Crippen molar-refractivity contribution in [1.29, 1.82) is 0 Å². The van der Waals surface area contributed by atoms with Crippen LogP contribution in [0.4, 0.5) is 4.79 Å². The van der Waals surface area contributed by atoms with Crippen LogP contribution in [0.5, 0.6) is 0 Å². The van der Waals surface area contributed by atoms with Crippen molar-refractivity contribution in [2.24, 2.45) is 0 Å². The second kappa shape index (κ2) is 5.25. The van der Waals surface area contributed by atoms with Crippen molar-refractivity contribution in [3.8, 4) is 0 Å². The van der Waals surface area contributed by atoms with E-state index in [4.69, 9.17) is 4.74 Å². The van der Waals surface area contributed by atoms with E-state index in [1.54, 1.807) is 5.41 Å². The van der Waals surface area contributed by atoms with E-state index < -0.39 is 6.09 Å². The minimum absolute atomic E-state index is 0.161. The standard InChI is InChI=1S/C12H13NO3S/c1-16-12(15)13-10(7-14)8-17-11(13)9-5-3-2-4-6-9/h2-6,8,11,14H,7H2,1H3. The molecule has 1 aromatic rings. The molecule has 1 N–H and O–H groups in total. The van der Waals surface area contributed by atoms with E-state index in [0.29, 0.717) is 5.70 Å². The summed E-state index contributed by atoms with van der Waals surface area (Å²) in [5.41, 5.74) is 1.57. The van der Waals surface area contributed by atoms with Gasteiger partial charge in [0.05, 0.1) is 19.4 Å². The molecule has 2 rings (SSSR count). The lowest BCUT2D eigenvalue weighted by molar-refractivity contribution is 0.127. The number of carbonyl (C=O) groups excluding carboxylic acids is 1. The van der Waals surface area contributed by atoms with Crippen LogP contribution in [0.2, 0.25) is 0 Å². The highest BCUT2D eigenvalue weighted by Crippen LogP contribution is 2.42. The third-order valence-electron chi connectivity index (χ3n) is 2.49. The number of aliphatic hydroxyl groups is 1. The molecule has 0 saturated heterocycles. The number of aliphatic hydroxyl groups excluding tert-OH is 1. The summed E-state index contributed by atoms with van der Waals surface area (Å²) in [5, 5.41) is 10.8. The maximum Gasteiger partial charge on any atom is 0.415 e. The monoisotopic (exact) mass is 251 g/mol. The fraction of sp³-hybridized carbons (Fsp3) is 0.250. The van der Waals surface area contributed by atoms with Gasteiger partial charge in [0.25, 0.3) is 0 Å². The van der Waals surface area contributed by atoms with E-state index >= 15 is 0 Å². The Kier molecular flexibility index (Phi) is 3.71. The Morgan fingerprint density at radius 2 is 2.18 bits per heavy atom. The van der Waals surface area contributed by atoms with Gasteiger partial charge in [0.2, 0.25) is 0 Å². The number of nitrogens with zero attached hydrogens (tertiary/aromatic N) is 1. The molecule has 0 aliphatic carbocycles. The number of benzene rings is 1. The van der Waals surface area contributed by atoms with Crippen molar-refractivity contribution in [3.05, 3.63) is 47.0 Å². The first-order valence-corrected chi connectivity index (χ1v) is 6.09. The zero-order valence-electron chi connectivity index (χ0n) is 9.37. The molecular formula is C12H13NO3S. The lowest BCUT2D eigenvalue weighted by Gasteiger charge is -2.25. The SMILES string of the molecule is COC(=O)N1C(CO)=CSC1c1ccccc1. The summed E-state index contributed by atoms with van der Waals surface area (Å²) in [6.45, 7) is -0.175. The Morgan fingerprint density at radius 3 is 2.76 bits per heavy atom. The number of hydrogen-bond acceptors (Lipinski definition) is 4. The van der Waals surface area contributed by atoms with Gasteiger partial charge in [-0.15, -0.1) is 11.8 Å². The number of carbonyl (C=O) groups is 1. The Bertz CT molecular complexity index is 433. The van der Waals surface area contributed by atoms with Gasteiger partial charge >= 0.3 is 6.09 Å². The Balaban J connectivity index is 2.28. The summed E-state index contributed by atoms with van der Waals surface area (Å²) in [4.78, 5) is 13.2. The van der Waals surface area contributed by atoms with Crippen LogP contribution in [-0.2, 0) is 4.74 Å². The number of amides is 1. The number of methoxy groups -OCH3 is 1. The minimum Gasteiger partial charge on any atom is -0.452 e. The number of ether oxygens (including phenoxy) is 1. The largest absolute Gasteiger partial charge is 0.452 e. The summed E-state index contributed by atoms with van der Waals surface area (Å²) in [5.74, 6) is 0. The molecule has 1 aromatic carbocycles. The van der Waals surface area contributed by atoms with Crippen LogP contribution >= 0.6 is 11.8 Å². The minimum atomic E-state index is -0.454. The summed E-state index contributed by atoms with van der Waals surface area (Å²) < 4.78 is 4.74. The van der Waals surface area contributed by atoms with E-state index in [2.05, 4.69) is 0 Å². The molecule has 0 radical (unpaired) electrons. The van der Waals surface area contributed by atoms with Crippen LogP contribution in [0.25, 0.3) is 0 Å². The van der Waals surface area contributed by atoms with Crippen molar-refractivity contribution < 1.29 is 14.6 Å². The lowest BCUT2D eigenvalue weighted by atomic mass is 10.2. The highest BCUT2D eigenvalue weighted by Gasteiger charge is 2.33. The molecule has 1 unspecified atom stereocenters. The average molecular weight is 251 g/mol. The van der Waals surface area contributed by atoms with Gasteiger partial charge in [-0.05, 0) is 11.0 Å². The number of rotatable bonds is 2. The molecule has 1 atom stereocenters. The third-order valence-corrected chi connectivity index (χ3v) is 3.64. The van der Waals surface area contributed by atoms with E-state index in [-0.39, 0.29) is 12.0 Å². The van der Waals surface area contributed by atoms with Gasteiger partial charge < -0.3 is 9.84 Å². The van der Waals surface area contributed by atoms with Crippen LogP contribution in [0, 0.1) is 0 Å². The molecule has 0 saturated carbocycles. The fourth-order valence-corrected chi connectivity index (χ4v) is 2.81. The highest BCUT2D eigenvalue weighted by atomic mass is 32.2. The van der Waals surface area contributed by atoms with Crippen molar-refractivity contribution in [3.63, 3.8) is 0 Å². The Morgan fingerprint density at radius 1 is 1.47 bits per heavy atom. The molecule has 0 spiro atoms. The summed E-state index contributed by atoms with van der Waals surface area (Å²) in [6.07, 6.45) is -0.454. The molecule has 1 aliphatic rings. The average Bonchev–Trinajstić information content (AvgIpc) is 2.82. The van der Waals surface area contributed by atoms with Crippen LogP contribution in [0.15, 0.2) is 41.4 Å². The Labute approximate surface area is 104 Å². The second-order valence-corrected chi connectivity index (χ2v) is 4.46. The van der Waals surface area contributed by atoms with Crippen molar-refractivity contribution in [2.75, 3.05) is 13.7 Å². The van der Waals surface area contributed by atoms with Gasteiger partial charge in [-0.2, -0.15) is 0 Å². The molecule has 0 aromatic heterocycles. The van der Waals surface area contributed by atoms with E-state index in [1.807, 2.05) is 30.3 Å². The van der Waals surface area contributed by atoms with Gasteiger partial charge in [-0.25, -0.2) is 4.79 Å². The highest BCUT2D eigenvalue weighted by molar-refractivity contribution is 8.02. The van der Waals surface area contributed by atoms with Crippen molar-refractivity contribution in [1.82, 2.24) is 4.90 Å². The first kappa shape index (κ1) is 12.0. The van der Waals surface area contributed by atoms with Crippen molar-refractivity contribution >= 4 is 17.9 Å². The quantitative estimate of drug-likeness (QED) is 0.876. The molecule has 90 valence electrons. The molecule has 5 heteroatoms. The Hall–Kier alpha value is -1.46. The third kappa shape index (κ3) is 2.30. The van der Waals surface area contributed by atoms with Gasteiger partial charge in [0.1, 0.15) is 5.37 Å². The molecule has 1 amide bonds. The summed E-state index contributed by atoms with van der Waals surface area (Å²) in [6, 6.07) is 9.65. The predicted molar refractivity (Wildman–Crippen MR) is 66.2 cm³/mol. The smallest absolute Gasteiger partial charge is 0.415 e. The zero-order valence-corrected chi connectivity index (χ0v) is 10.2. The number of thioether (sulfide) groups is 1. The zero-order chi connectivity index (χ0) is 12.3. The lowest BCUT2D eigenvalue weighted by Crippen LogP contribution is -2.31. The normalized spacial score (nSPS) is 19.1. The van der Waals surface area contributed by atoms with Crippen LogP contribution in [0.1, 0.15) is 10.9 Å². The topological polar surface area (TPSA) is 49.8 Å². The number of hydrogen-bond donors (Lipinski definition) is 1. The maximum atomic E-state index is 11.7. The summed E-state index contributed by atoms with van der Waals surface area (Å²) >= 11 is 1.48. The van der Waals surface area contributed by atoms with Gasteiger partial charge in [0, 0.05) is 0 Å². The van der Waals surface area contributed by atoms with Crippen molar-refractivity contribution in [2.45, 2.75) is 5.37 Å².